The van der Waals surface area contributed by atoms with Gasteiger partial charge in [0.1, 0.15) is 5.78 Å². The van der Waals surface area contributed by atoms with Crippen molar-refractivity contribution in [2.24, 2.45) is 0 Å². The van der Waals surface area contributed by atoms with Crippen molar-refractivity contribution in [3.8, 4) is 0 Å². The first kappa shape index (κ1) is 14.1. The van der Waals surface area contributed by atoms with E-state index >= 15 is 0 Å². The molecule has 0 aliphatic heterocycles. The molecule has 0 bridgehead atoms. The summed E-state index contributed by atoms with van der Waals surface area (Å²) in [7, 11) is -2.16. The molecule has 0 aliphatic carbocycles. The average molecular weight is 255 g/mol. The molecule has 94 valence electrons. The topological polar surface area (TPSA) is 69.6 Å². The van der Waals surface area contributed by atoms with Crippen LogP contribution < -0.4 is 5.32 Å². The van der Waals surface area contributed by atoms with E-state index in [0.29, 0.717) is 12.8 Å². The van der Waals surface area contributed by atoms with Crippen LogP contribution in [0.3, 0.4) is 0 Å². The van der Waals surface area contributed by atoms with Gasteiger partial charge in [0.25, 0.3) is 0 Å². The molecule has 3 N–H and O–H groups in total. The van der Waals surface area contributed by atoms with Crippen LogP contribution in [-0.4, -0.2) is 21.5 Å². The van der Waals surface area contributed by atoms with Crippen LogP contribution in [0.1, 0.15) is 25.3 Å². The number of amides is 1. The third-order valence-corrected chi connectivity index (χ3v) is 3.22. The zero-order valence-corrected chi connectivity index (χ0v) is 10.7. The number of benzene rings is 1. The van der Waals surface area contributed by atoms with Gasteiger partial charge in [0.05, 0.1) is 0 Å². The van der Waals surface area contributed by atoms with Gasteiger partial charge in [-0.2, -0.15) is 0 Å². The highest BCUT2D eigenvalue weighted by Gasteiger charge is 2.20. The number of carbonyl (C=O) groups is 1. The number of carbonyl (C=O) groups excluding carboxylic acids is 1. The molecule has 0 aliphatic rings. The fraction of sp³-hybridized carbons (Fsp3) is 0.417. The van der Waals surface area contributed by atoms with Crippen molar-refractivity contribution >= 4 is 14.3 Å². The summed E-state index contributed by atoms with van der Waals surface area (Å²) < 4.78 is 0. The predicted octanol–water partition coefficient (Wildman–Crippen LogP) is 1.77. The van der Waals surface area contributed by atoms with Gasteiger partial charge in [-0.25, -0.2) is 0 Å². The Labute approximate surface area is 103 Å². The Morgan fingerprint density at radius 1 is 1.35 bits per heavy atom. The third kappa shape index (κ3) is 5.26. The fourth-order valence-corrected chi connectivity index (χ4v) is 2.15. The lowest BCUT2D eigenvalue weighted by Gasteiger charge is -2.19. The lowest BCUT2D eigenvalue weighted by Crippen LogP contribution is -2.34. The second-order valence-electron chi connectivity index (χ2n) is 3.84. The van der Waals surface area contributed by atoms with Crippen molar-refractivity contribution in [1.29, 1.82) is 0 Å². The lowest BCUT2D eigenvalue weighted by atomic mass is 10.1. The molecule has 0 spiro atoms. The van der Waals surface area contributed by atoms with Crippen molar-refractivity contribution in [2.45, 2.75) is 32.0 Å². The summed E-state index contributed by atoms with van der Waals surface area (Å²) in [6.07, 6.45) is 1.60. The Morgan fingerprint density at radius 3 is 2.53 bits per heavy atom. The molecule has 5 heteroatoms. The minimum atomic E-state index is -2.16. The normalized spacial score (nSPS) is 12.5. The Hall–Kier alpha value is -0.960. The highest BCUT2D eigenvalue weighted by atomic mass is 31.2. The first-order valence-corrected chi connectivity index (χ1v) is 6.95. The summed E-state index contributed by atoms with van der Waals surface area (Å²) in [5, 5.41) is 2.66. The van der Waals surface area contributed by atoms with Crippen LogP contribution in [-0.2, 0) is 11.2 Å². The first-order chi connectivity index (χ1) is 8.13. The van der Waals surface area contributed by atoms with Crippen LogP contribution in [0, 0.1) is 0 Å². The van der Waals surface area contributed by atoms with Crippen LogP contribution in [0.25, 0.3) is 0 Å². The SMILES string of the molecule is CCCC(=O)N[C@@H](Cc1ccccc1)P(O)O. The molecule has 0 fully saturated rings. The Kier molecular flexibility index (Phi) is 6.12. The summed E-state index contributed by atoms with van der Waals surface area (Å²) in [4.78, 5) is 30.0. The second kappa shape index (κ2) is 7.38. The first-order valence-electron chi connectivity index (χ1n) is 5.63. The Morgan fingerprint density at radius 2 is 2.00 bits per heavy atom. The molecule has 1 amide bonds. The maximum atomic E-state index is 11.4. The number of hydrogen-bond donors (Lipinski definition) is 3. The van der Waals surface area contributed by atoms with Gasteiger partial charge in [-0.05, 0) is 12.0 Å². The largest absolute Gasteiger partial charge is 0.349 e. The molecule has 1 aromatic rings. The zero-order chi connectivity index (χ0) is 12.7. The van der Waals surface area contributed by atoms with Crippen LogP contribution in [0.5, 0.6) is 0 Å². The molecule has 1 atom stereocenters. The molecule has 1 aromatic carbocycles. The Balaban J connectivity index is 2.58. The molecule has 1 rings (SSSR count). The van der Waals surface area contributed by atoms with E-state index in [4.69, 9.17) is 0 Å². The standard InChI is InChI=1S/C12H18NO3P/c1-2-6-11(14)13-12(17(15)16)9-10-7-4-3-5-8-10/h3-5,7-8,12,15-16H,2,6,9H2,1H3,(H,13,14)/t12-/m1/s1. The lowest BCUT2D eigenvalue weighted by molar-refractivity contribution is -0.121. The van der Waals surface area contributed by atoms with E-state index in [9.17, 15) is 14.6 Å². The van der Waals surface area contributed by atoms with E-state index in [1.807, 2.05) is 37.3 Å². The fourth-order valence-electron chi connectivity index (χ4n) is 1.51. The summed E-state index contributed by atoms with van der Waals surface area (Å²) in [5.41, 5.74) is 0.977. The van der Waals surface area contributed by atoms with E-state index in [-0.39, 0.29) is 5.91 Å². The van der Waals surface area contributed by atoms with Crippen LogP contribution in [0.4, 0.5) is 0 Å². The molecule has 0 saturated heterocycles. The molecule has 0 unspecified atom stereocenters. The maximum Gasteiger partial charge on any atom is 0.220 e. The smallest absolute Gasteiger partial charge is 0.220 e. The number of rotatable bonds is 6. The maximum absolute atomic E-state index is 11.4. The van der Waals surface area contributed by atoms with Gasteiger partial charge in [0.15, 0.2) is 8.38 Å². The summed E-state index contributed by atoms with van der Waals surface area (Å²) in [6, 6.07) is 9.47. The van der Waals surface area contributed by atoms with Gasteiger partial charge in [-0.3, -0.25) is 4.79 Å². The van der Waals surface area contributed by atoms with Crippen LogP contribution >= 0.6 is 8.38 Å². The third-order valence-electron chi connectivity index (χ3n) is 2.36. The zero-order valence-electron chi connectivity index (χ0n) is 9.84. The quantitative estimate of drug-likeness (QED) is 0.678. The van der Waals surface area contributed by atoms with Crippen molar-refractivity contribution < 1.29 is 14.6 Å². The van der Waals surface area contributed by atoms with Crippen LogP contribution in [0.15, 0.2) is 30.3 Å². The van der Waals surface area contributed by atoms with Crippen molar-refractivity contribution in [3.63, 3.8) is 0 Å². The van der Waals surface area contributed by atoms with Crippen LogP contribution in [0.2, 0.25) is 0 Å². The van der Waals surface area contributed by atoms with Gasteiger partial charge in [0, 0.05) is 12.8 Å². The van der Waals surface area contributed by atoms with Gasteiger partial charge in [-0.15, -0.1) is 0 Å². The van der Waals surface area contributed by atoms with Crippen molar-refractivity contribution in [2.75, 3.05) is 0 Å². The molecule has 4 nitrogen and oxygen atoms in total. The predicted molar refractivity (Wildman–Crippen MR) is 68.3 cm³/mol. The highest BCUT2D eigenvalue weighted by Crippen LogP contribution is 2.31. The van der Waals surface area contributed by atoms with E-state index < -0.39 is 14.2 Å². The molecule has 0 radical (unpaired) electrons. The van der Waals surface area contributed by atoms with Gasteiger partial charge in [0.2, 0.25) is 5.91 Å². The number of nitrogens with one attached hydrogen (secondary N) is 1. The number of hydrogen-bond acceptors (Lipinski definition) is 3. The van der Waals surface area contributed by atoms with E-state index in [1.165, 1.54) is 0 Å². The molecular formula is C12H18NO3P. The molecule has 17 heavy (non-hydrogen) atoms. The summed E-state index contributed by atoms with van der Waals surface area (Å²) in [5.74, 6) is -0.726. The molecule has 0 heterocycles. The summed E-state index contributed by atoms with van der Waals surface area (Å²) >= 11 is 0. The Bertz CT molecular complexity index is 343. The second-order valence-corrected chi connectivity index (χ2v) is 5.11. The van der Waals surface area contributed by atoms with Crippen molar-refractivity contribution in [3.05, 3.63) is 35.9 Å². The average Bonchev–Trinajstić information content (AvgIpc) is 2.29. The van der Waals surface area contributed by atoms with Gasteiger partial charge in [-0.1, -0.05) is 37.3 Å². The van der Waals surface area contributed by atoms with E-state index in [0.717, 1.165) is 12.0 Å². The molecule has 0 saturated carbocycles. The van der Waals surface area contributed by atoms with Gasteiger partial charge < -0.3 is 15.1 Å². The minimum absolute atomic E-state index is 0.135. The highest BCUT2D eigenvalue weighted by molar-refractivity contribution is 7.45. The molecular weight excluding hydrogens is 237 g/mol. The van der Waals surface area contributed by atoms with E-state index in [2.05, 4.69) is 5.32 Å². The monoisotopic (exact) mass is 255 g/mol. The molecule has 0 aromatic heterocycles. The van der Waals surface area contributed by atoms with Gasteiger partial charge >= 0.3 is 0 Å². The minimum Gasteiger partial charge on any atom is -0.349 e. The van der Waals surface area contributed by atoms with E-state index in [1.54, 1.807) is 0 Å². The van der Waals surface area contributed by atoms with Crippen molar-refractivity contribution in [1.82, 2.24) is 5.32 Å². The summed E-state index contributed by atoms with van der Waals surface area (Å²) in [6.45, 7) is 1.91.